The molecule has 2 saturated heterocycles. The lowest BCUT2D eigenvalue weighted by molar-refractivity contribution is -0.148. The Hall–Kier alpha value is -3.35. The van der Waals surface area contributed by atoms with E-state index in [1.807, 2.05) is 31.2 Å². The van der Waals surface area contributed by atoms with Gasteiger partial charge in [-0.05, 0) is 38.7 Å². The molecule has 3 aliphatic rings. The van der Waals surface area contributed by atoms with Gasteiger partial charge >= 0.3 is 5.97 Å². The Morgan fingerprint density at radius 2 is 1.85 bits per heavy atom. The fourth-order valence-corrected chi connectivity index (χ4v) is 5.62. The molecule has 2 fully saturated rings. The number of hydrogen-bond donors (Lipinski definition) is 0. The van der Waals surface area contributed by atoms with E-state index in [0.717, 1.165) is 73.2 Å². The molecule has 7 nitrogen and oxygen atoms in total. The predicted molar refractivity (Wildman–Crippen MR) is 126 cm³/mol. The van der Waals surface area contributed by atoms with Crippen LogP contribution in [0, 0.1) is 5.92 Å². The second kappa shape index (κ2) is 7.90. The molecule has 2 aliphatic heterocycles. The number of piperidine rings is 1. The van der Waals surface area contributed by atoms with Gasteiger partial charge in [0.2, 0.25) is 0 Å². The zero-order valence-electron chi connectivity index (χ0n) is 18.8. The third-order valence-corrected chi connectivity index (χ3v) is 7.19. The Morgan fingerprint density at radius 1 is 1.09 bits per heavy atom. The molecule has 1 unspecified atom stereocenters. The van der Waals surface area contributed by atoms with Gasteiger partial charge in [-0.3, -0.25) is 9.59 Å². The minimum absolute atomic E-state index is 0.00692. The smallest absolute Gasteiger partial charge is 0.310 e. The fourth-order valence-electron chi connectivity index (χ4n) is 5.62. The first-order chi connectivity index (χ1) is 16.2. The number of carbonyl (C=O) groups is 2. The maximum Gasteiger partial charge on any atom is 0.310 e. The lowest BCUT2D eigenvalue weighted by Crippen LogP contribution is -2.40. The molecule has 7 heteroatoms. The predicted octanol–water partition coefficient (Wildman–Crippen LogP) is 4.42. The van der Waals surface area contributed by atoms with E-state index in [0.29, 0.717) is 30.0 Å². The van der Waals surface area contributed by atoms with Crippen molar-refractivity contribution in [2.45, 2.75) is 32.6 Å². The molecule has 33 heavy (non-hydrogen) atoms. The van der Waals surface area contributed by atoms with Crippen molar-refractivity contribution in [2.75, 3.05) is 42.6 Å². The fraction of sp³-hybridized carbons (Fsp3) is 0.423. The van der Waals surface area contributed by atoms with Gasteiger partial charge in [-0.1, -0.05) is 29.4 Å². The summed E-state index contributed by atoms with van der Waals surface area (Å²) in [6.45, 7) is 5.49. The van der Waals surface area contributed by atoms with Crippen molar-refractivity contribution >= 4 is 34.0 Å². The van der Waals surface area contributed by atoms with Gasteiger partial charge in [0.15, 0.2) is 11.5 Å². The average molecular weight is 446 g/mol. The summed E-state index contributed by atoms with van der Waals surface area (Å²) in [5, 5.41) is 5.26. The minimum Gasteiger partial charge on any atom is -0.466 e. The van der Waals surface area contributed by atoms with Crippen LogP contribution in [0.5, 0.6) is 0 Å². The average Bonchev–Trinajstić information content (AvgIpc) is 3.53. The first-order valence-corrected chi connectivity index (χ1v) is 11.9. The van der Waals surface area contributed by atoms with Gasteiger partial charge in [0.05, 0.1) is 34.8 Å². The molecule has 0 bridgehead atoms. The number of esters is 1. The van der Waals surface area contributed by atoms with Gasteiger partial charge in [0.25, 0.3) is 0 Å². The number of fused-ring (bicyclic) bond motifs is 2. The van der Waals surface area contributed by atoms with E-state index in [-0.39, 0.29) is 17.7 Å². The second-order valence-electron chi connectivity index (χ2n) is 9.13. The molecular weight excluding hydrogens is 418 g/mol. The highest BCUT2D eigenvalue weighted by molar-refractivity contribution is 6.28. The topological polar surface area (TPSA) is 75.9 Å². The van der Waals surface area contributed by atoms with Crippen LogP contribution in [0.15, 0.2) is 34.9 Å². The van der Waals surface area contributed by atoms with Gasteiger partial charge in [-0.25, -0.2) is 0 Å². The highest BCUT2D eigenvalue weighted by atomic mass is 16.5. The Kier molecular flexibility index (Phi) is 4.85. The van der Waals surface area contributed by atoms with Crippen molar-refractivity contribution in [3.05, 3.63) is 41.5 Å². The number of ether oxygens (including phenoxy) is 1. The van der Waals surface area contributed by atoms with E-state index in [1.54, 1.807) is 0 Å². The van der Waals surface area contributed by atoms with Crippen molar-refractivity contribution in [3.63, 3.8) is 0 Å². The van der Waals surface area contributed by atoms with E-state index in [2.05, 4.69) is 21.0 Å². The van der Waals surface area contributed by atoms with Crippen LogP contribution in [-0.2, 0) is 9.53 Å². The quantitative estimate of drug-likeness (QED) is 0.431. The minimum atomic E-state index is -0.190. The summed E-state index contributed by atoms with van der Waals surface area (Å²) < 4.78 is 11.2. The van der Waals surface area contributed by atoms with Gasteiger partial charge < -0.3 is 19.1 Å². The first-order valence-electron chi connectivity index (χ1n) is 11.9. The Morgan fingerprint density at radius 3 is 2.64 bits per heavy atom. The van der Waals surface area contributed by atoms with Crippen molar-refractivity contribution in [2.24, 2.45) is 5.92 Å². The second-order valence-corrected chi connectivity index (χ2v) is 9.13. The summed E-state index contributed by atoms with van der Waals surface area (Å²) in [5.41, 5.74) is 4.73. The van der Waals surface area contributed by atoms with Crippen LogP contribution < -0.4 is 9.80 Å². The lowest BCUT2D eigenvalue weighted by atomic mass is 9.85. The van der Waals surface area contributed by atoms with E-state index in [4.69, 9.17) is 9.26 Å². The van der Waals surface area contributed by atoms with Crippen molar-refractivity contribution in [3.8, 4) is 11.3 Å². The summed E-state index contributed by atoms with van der Waals surface area (Å²) in [5.74, 6) is 0.313. The van der Waals surface area contributed by atoms with E-state index in [9.17, 15) is 9.59 Å². The van der Waals surface area contributed by atoms with Crippen LogP contribution in [0.1, 0.15) is 48.5 Å². The SMILES string of the molecule is CCOC(=O)C1CCCN(c2cc(N3CCCC3)c3noc4c3c2C(=O)c2ccccc2-4)C1. The molecule has 3 aromatic rings. The highest BCUT2D eigenvalue weighted by Gasteiger charge is 2.37. The molecule has 170 valence electrons. The first kappa shape index (κ1) is 20.3. The number of anilines is 2. The number of nitrogens with zero attached hydrogens (tertiary/aromatic N) is 3. The van der Waals surface area contributed by atoms with Crippen LogP contribution in [0.4, 0.5) is 11.4 Å². The maximum atomic E-state index is 13.8. The zero-order valence-corrected chi connectivity index (χ0v) is 18.8. The van der Waals surface area contributed by atoms with E-state index < -0.39 is 0 Å². The highest BCUT2D eigenvalue weighted by Crippen LogP contribution is 2.47. The zero-order chi connectivity index (χ0) is 22.5. The third-order valence-electron chi connectivity index (χ3n) is 7.19. The molecule has 3 heterocycles. The standard InChI is InChI=1S/C26H27N3O4/c1-2-32-26(31)16-8-7-13-29(15-16)19-14-20(28-11-5-6-12-28)23-22-21(19)24(30)17-9-3-4-10-18(17)25(22)33-27-23/h3-4,9-10,14,16H,2,5-8,11-13,15H2,1H3. The largest absolute Gasteiger partial charge is 0.466 e. The monoisotopic (exact) mass is 445 g/mol. The molecule has 1 atom stereocenters. The molecule has 0 radical (unpaired) electrons. The number of aromatic nitrogens is 1. The van der Waals surface area contributed by atoms with Crippen molar-refractivity contribution < 1.29 is 18.8 Å². The normalized spacial score (nSPS) is 19.8. The van der Waals surface area contributed by atoms with Gasteiger partial charge in [0, 0.05) is 37.3 Å². The van der Waals surface area contributed by atoms with Crippen LogP contribution in [0.25, 0.3) is 22.2 Å². The van der Waals surface area contributed by atoms with Crippen LogP contribution in [0.2, 0.25) is 0 Å². The molecule has 6 rings (SSSR count). The summed E-state index contributed by atoms with van der Waals surface area (Å²) in [4.78, 5) is 30.9. The van der Waals surface area contributed by atoms with E-state index >= 15 is 0 Å². The molecule has 1 aliphatic carbocycles. The lowest BCUT2D eigenvalue weighted by Gasteiger charge is -2.35. The van der Waals surface area contributed by atoms with Crippen LogP contribution >= 0.6 is 0 Å². The number of ketones is 1. The van der Waals surface area contributed by atoms with Crippen molar-refractivity contribution in [1.82, 2.24) is 5.16 Å². The molecule has 1 aromatic heterocycles. The van der Waals surface area contributed by atoms with Gasteiger partial charge in [-0.2, -0.15) is 0 Å². The molecule has 0 N–H and O–H groups in total. The maximum absolute atomic E-state index is 13.8. The summed E-state index contributed by atoms with van der Waals surface area (Å²) in [6.07, 6.45) is 3.96. The molecule has 0 saturated carbocycles. The van der Waals surface area contributed by atoms with Crippen LogP contribution in [-0.4, -0.2) is 49.7 Å². The molecule has 0 amide bonds. The number of carbonyl (C=O) groups excluding carboxylic acids is 2. The van der Waals surface area contributed by atoms with Gasteiger partial charge in [-0.15, -0.1) is 0 Å². The Labute approximate surface area is 192 Å². The molecular formula is C26H27N3O4. The van der Waals surface area contributed by atoms with Gasteiger partial charge in [0.1, 0.15) is 5.52 Å². The third kappa shape index (κ3) is 3.13. The summed E-state index contributed by atoms with van der Waals surface area (Å²) in [6, 6.07) is 9.69. The number of benzene rings is 2. The summed E-state index contributed by atoms with van der Waals surface area (Å²) >= 11 is 0. The molecule has 0 spiro atoms. The van der Waals surface area contributed by atoms with E-state index in [1.165, 1.54) is 0 Å². The summed E-state index contributed by atoms with van der Waals surface area (Å²) in [7, 11) is 0. The number of rotatable bonds is 4. The molecule has 2 aromatic carbocycles. The Balaban J connectivity index is 1.54. The Bertz CT molecular complexity index is 1260. The van der Waals surface area contributed by atoms with Crippen LogP contribution in [0.3, 0.4) is 0 Å². The van der Waals surface area contributed by atoms with Crippen molar-refractivity contribution in [1.29, 1.82) is 0 Å². The number of hydrogen-bond acceptors (Lipinski definition) is 7.